The minimum Gasteiger partial charge on any atom is -0.358 e. The van der Waals surface area contributed by atoms with Crippen LogP contribution in [-0.2, 0) is 6.54 Å². The SMILES string of the molecule is C=C(Nc1cncc(-c2ccc3[nH]nc(-c4cc5c(N6CCCCC6)nccc5[nH]4)c3c2)c1)C(C)CC.CCNCc1cncc(-c2ccc3[nH]nc(-c4cc5c(N6CCCCC6)nccc5[nH]4)c3c2)c1. The highest BCUT2D eigenvalue weighted by atomic mass is 15.2. The minimum absolute atomic E-state index is 0.399. The van der Waals surface area contributed by atoms with Crippen LogP contribution in [0.25, 0.3) is 88.6 Å². The van der Waals surface area contributed by atoms with E-state index in [1.807, 2.05) is 49.3 Å². The van der Waals surface area contributed by atoms with Crippen molar-refractivity contribution >= 4 is 60.9 Å². The van der Waals surface area contributed by atoms with Crippen molar-refractivity contribution in [3.63, 3.8) is 0 Å². The molecule has 0 spiro atoms. The third kappa shape index (κ3) is 9.47. The highest BCUT2D eigenvalue weighted by molar-refractivity contribution is 6.01. The minimum atomic E-state index is 0.399. The molecule has 14 nitrogen and oxygen atoms in total. The Hall–Kier alpha value is -7.84. The van der Waals surface area contributed by atoms with Gasteiger partial charge in [-0.1, -0.05) is 39.5 Å². The maximum atomic E-state index is 4.74. The Kier molecular flexibility index (Phi) is 13.0. The van der Waals surface area contributed by atoms with Gasteiger partial charge in [-0.2, -0.15) is 10.2 Å². The van der Waals surface area contributed by atoms with Crippen molar-refractivity contribution in [1.29, 1.82) is 0 Å². The van der Waals surface area contributed by atoms with Crippen LogP contribution in [0.4, 0.5) is 17.3 Å². The Morgan fingerprint density at radius 2 is 1.13 bits per heavy atom. The van der Waals surface area contributed by atoms with Gasteiger partial charge in [-0.3, -0.25) is 20.2 Å². The van der Waals surface area contributed by atoms with Crippen LogP contribution in [0, 0.1) is 5.92 Å². The van der Waals surface area contributed by atoms with Crippen LogP contribution >= 0.6 is 0 Å². The molecule has 0 radical (unpaired) electrons. The van der Waals surface area contributed by atoms with Crippen LogP contribution < -0.4 is 20.4 Å². The van der Waals surface area contributed by atoms with E-state index in [-0.39, 0.29) is 0 Å². The fourth-order valence-corrected chi connectivity index (χ4v) is 10.1. The number of hydrogen-bond acceptors (Lipinski definition) is 10. The third-order valence-corrected chi connectivity index (χ3v) is 14.3. The molecular formula is C57H62N14. The van der Waals surface area contributed by atoms with E-state index >= 15 is 0 Å². The van der Waals surface area contributed by atoms with Gasteiger partial charge >= 0.3 is 0 Å². The lowest BCUT2D eigenvalue weighted by Crippen LogP contribution is -2.30. The zero-order chi connectivity index (χ0) is 48.3. The molecule has 1 atom stereocenters. The summed E-state index contributed by atoms with van der Waals surface area (Å²) in [6.45, 7) is 16.7. The molecule has 12 rings (SSSR count). The molecule has 2 aromatic carbocycles. The smallest absolute Gasteiger partial charge is 0.137 e. The number of rotatable bonds is 13. The average Bonchev–Trinajstić information content (AvgIpc) is 4.25. The zero-order valence-electron chi connectivity index (χ0n) is 40.9. The number of anilines is 3. The van der Waals surface area contributed by atoms with Crippen molar-refractivity contribution in [1.82, 2.24) is 55.6 Å². The van der Waals surface area contributed by atoms with E-state index in [2.05, 4.69) is 144 Å². The normalized spacial score (nSPS) is 14.6. The average molecular weight is 943 g/mol. The summed E-state index contributed by atoms with van der Waals surface area (Å²) in [7, 11) is 0. The summed E-state index contributed by atoms with van der Waals surface area (Å²) < 4.78 is 0. The van der Waals surface area contributed by atoms with Gasteiger partial charge in [0.1, 0.15) is 23.0 Å². The third-order valence-electron chi connectivity index (χ3n) is 14.3. The Bertz CT molecular complexity index is 3470. The summed E-state index contributed by atoms with van der Waals surface area (Å²) in [5.74, 6) is 2.54. The molecule has 10 heterocycles. The maximum Gasteiger partial charge on any atom is 0.137 e. The summed E-state index contributed by atoms with van der Waals surface area (Å²) in [6, 6.07) is 25.6. The molecule has 10 aromatic rings. The van der Waals surface area contributed by atoms with Gasteiger partial charge in [0.15, 0.2) is 0 Å². The summed E-state index contributed by atoms with van der Waals surface area (Å²) >= 11 is 0. The predicted octanol–water partition coefficient (Wildman–Crippen LogP) is 12.4. The van der Waals surface area contributed by atoms with Gasteiger partial charge in [0.25, 0.3) is 0 Å². The molecule has 2 aliphatic heterocycles. The first-order valence-corrected chi connectivity index (χ1v) is 25.4. The Balaban J connectivity index is 0.000000155. The quantitative estimate of drug-likeness (QED) is 0.0654. The molecule has 2 aliphatic rings. The standard InChI is InChI=1S/C30H33N7.C27H29N7/c1-4-19(2)20(3)33-23-14-22(17-31-18-23)21-8-9-27-24(15-21)29(36-35-27)28-16-25-26(34-28)10-11-32-30(25)37-12-6-5-7-13-37;1-2-28-15-18-12-20(17-29-16-18)19-6-7-24-21(13-19)26(33-32-24)25-14-22-23(31-25)8-9-30-27(22)34-10-4-3-5-11-34/h8-11,14-19,33-34H,3-7,12-13H2,1-2H3,(H,35,36);6-9,12-14,16-17,28,31H,2-5,10-11,15H2,1H3,(H,32,33). The first-order valence-electron chi connectivity index (χ1n) is 25.4. The molecule has 0 amide bonds. The van der Waals surface area contributed by atoms with Gasteiger partial charge in [-0.05, 0) is 135 Å². The highest BCUT2D eigenvalue weighted by Crippen LogP contribution is 2.37. The lowest BCUT2D eigenvalue weighted by atomic mass is 10.0. The first kappa shape index (κ1) is 45.6. The van der Waals surface area contributed by atoms with E-state index < -0.39 is 0 Å². The van der Waals surface area contributed by atoms with Crippen LogP contribution in [0.3, 0.4) is 0 Å². The second-order valence-corrected chi connectivity index (χ2v) is 19.1. The predicted molar refractivity (Wildman–Crippen MR) is 291 cm³/mol. The monoisotopic (exact) mass is 943 g/mol. The number of hydrogen-bond donors (Lipinski definition) is 6. The number of allylic oxidation sites excluding steroid dienone is 1. The Morgan fingerprint density at radius 1 is 0.592 bits per heavy atom. The van der Waals surface area contributed by atoms with Gasteiger partial charge in [0, 0.05) is 102 Å². The first-order chi connectivity index (χ1) is 34.9. The number of H-pyrrole nitrogens is 4. The fraction of sp³-hybridized carbons (Fsp3) is 0.298. The van der Waals surface area contributed by atoms with Crippen molar-refractivity contribution in [2.45, 2.75) is 72.3 Å². The molecule has 8 aromatic heterocycles. The molecule has 0 saturated carbocycles. The second-order valence-electron chi connectivity index (χ2n) is 19.1. The van der Waals surface area contributed by atoms with Crippen molar-refractivity contribution in [2.24, 2.45) is 5.92 Å². The molecular weight excluding hydrogens is 881 g/mol. The van der Waals surface area contributed by atoms with Crippen LogP contribution in [0.2, 0.25) is 0 Å². The number of fused-ring (bicyclic) bond motifs is 4. The molecule has 2 fully saturated rings. The molecule has 6 N–H and O–H groups in total. The van der Waals surface area contributed by atoms with Crippen molar-refractivity contribution < 1.29 is 0 Å². The molecule has 14 heteroatoms. The highest BCUT2D eigenvalue weighted by Gasteiger charge is 2.21. The molecule has 0 aliphatic carbocycles. The molecule has 360 valence electrons. The zero-order valence-corrected chi connectivity index (χ0v) is 40.9. The van der Waals surface area contributed by atoms with Crippen molar-refractivity contribution in [3.05, 3.63) is 128 Å². The van der Waals surface area contributed by atoms with Crippen LogP contribution in [0.5, 0.6) is 0 Å². The van der Waals surface area contributed by atoms with Gasteiger partial charge in [-0.15, -0.1) is 0 Å². The van der Waals surface area contributed by atoms with Gasteiger partial charge in [0.05, 0.1) is 45.3 Å². The summed E-state index contributed by atoms with van der Waals surface area (Å²) in [5.41, 5.74) is 15.5. The number of aromatic nitrogens is 10. The summed E-state index contributed by atoms with van der Waals surface area (Å²) in [4.78, 5) is 30.4. The topological polar surface area (TPSA) is 171 Å². The molecule has 71 heavy (non-hydrogen) atoms. The Morgan fingerprint density at radius 3 is 1.66 bits per heavy atom. The summed E-state index contributed by atoms with van der Waals surface area (Å²) in [6.07, 6.45) is 19.9. The van der Waals surface area contributed by atoms with Crippen LogP contribution in [0.15, 0.2) is 122 Å². The Labute approximate surface area is 413 Å². The second kappa shape index (κ2) is 20.2. The number of pyridine rings is 4. The summed E-state index contributed by atoms with van der Waals surface area (Å²) in [5, 5.41) is 27.1. The van der Waals surface area contributed by atoms with Crippen molar-refractivity contribution in [2.75, 3.05) is 47.8 Å². The van der Waals surface area contributed by atoms with E-state index in [9.17, 15) is 0 Å². The number of nitrogens with zero attached hydrogens (tertiary/aromatic N) is 8. The number of benzene rings is 2. The lowest BCUT2D eigenvalue weighted by molar-refractivity contribution is 0.575. The molecule has 0 bridgehead atoms. The molecule has 2 saturated heterocycles. The fourth-order valence-electron chi connectivity index (χ4n) is 10.1. The van der Waals surface area contributed by atoms with Crippen molar-refractivity contribution in [3.8, 4) is 45.0 Å². The molecule has 1 unspecified atom stereocenters. The van der Waals surface area contributed by atoms with E-state index in [0.29, 0.717) is 5.92 Å². The largest absolute Gasteiger partial charge is 0.358 e. The van der Waals surface area contributed by atoms with Gasteiger partial charge < -0.3 is 30.4 Å². The van der Waals surface area contributed by atoms with Crippen LogP contribution in [-0.4, -0.2) is 83.0 Å². The van der Waals surface area contributed by atoms with Gasteiger partial charge in [0.2, 0.25) is 0 Å². The van der Waals surface area contributed by atoms with Crippen LogP contribution in [0.1, 0.15) is 71.3 Å². The van der Waals surface area contributed by atoms with Gasteiger partial charge in [-0.25, -0.2) is 9.97 Å². The van der Waals surface area contributed by atoms with E-state index in [1.165, 1.54) is 44.1 Å². The number of nitrogens with one attached hydrogen (secondary N) is 6. The lowest BCUT2D eigenvalue weighted by Gasteiger charge is -2.28. The van der Waals surface area contributed by atoms with E-state index in [0.717, 1.165) is 157 Å². The number of aromatic amines is 4. The van der Waals surface area contributed by atoms with E-state index in [4.69, 9.17) is 15.1 Å². The maximum absolute atomic E-state index is 4.74. The number of piperidine rings is 2. The van der Waals surface area contributed by atoms with E-state index in [1.54, 1.807) is 0 Å².